The molecule has 2 amide bonds. The van der Waals surface area contributed by atoms with E-state index in [1.54, 1.807) is 44.1 Å². The molecule has 0 radical (unpaired) electrons. The average molecular weight is 370 g/mol. The zero-order chi connectivity index (χ0) is 20.0. The van der Waals surface area contributed by atoms with Crippen LogP contribution in [0.4, 0.5) is 11.4 Å². The Morgan fingerprint density at radius 1 is 1.00 bits per heavy atom. The van der Waals surface area contributed by atoms with Gasteiger partial charge in [0.1, 0.15) is 5.41 Å². The lowest BCUT2D eigenvalue weighted by Crippen LogP contribution is -2.47. The van der Waals surface area contributed by atoms with Crippen LogP contribution in [0.1, 0.15) is 20.8 Å². The van der Waals surface area contributed by atoms with Gasteiger partial charge in [-0.15, -0.1) is 0 Å². The highest BCUT2D eigenvalue weighted by Crippen LogP contribution is 2.31. The number of hydrogen-bond acceptors (Lipinski definition) is 4. The predicted octanol–water partition coefficient (Wildman–Crippen LogP) is 3.72. The summed E-state index contributed by atoms with van der Waals surface area (Å²) >= 11 is 0. The number of amides is 2. The fraction of sp³-hybridized carbons (Fsp3) is 0.333. The molecule has 0 heterocycles. The number of carbonyl (C=O) groups is 2. The van der Waals surface area contributed by atoms with Crippen molar-refractivity contribution in [1.82, 2.24) is 0 Å². The quantitative estimate of drug-likeness (QED) is 0.754. The van der Waals surface area contributed by atoms with Crippen LogP contribution in [-0.4, -0.2) is 32.6 Å². The molecule has 0 saturated carbocycles. The lowest BCUT2D eigenvalue weighted by atomic mass is 9.89. The summed E-state index contributed by atoms with van der Waals surface area (Å²) in [6.45, 7) is 5.59. The first-order valence-corrected chi connectivity index (χ1v) is 8.75. The molecule has 6 nitrogen and oxygen atoms in total. The van der Waals surface area contributed by atoms with Gasteiger partial charge in [0.2, 0.25) is 11.8 Å². The van der Waals surface area contributed by atoms with Gasteiger partial charge in [-0.3, -0.25) is 9.59 Å². The highest BCUT2D eigenvalue weighted by molar-refractivity contribution is 6.14. The van der Waals surface area contributed by atoms with Gasteiger partial charge in [-0.2, -0.15) is 0 Å². The molecule has 0 aliphatic carbocycles. The zero-order valence-corrected chi connectivity index (χ0v) is 16.4. The normalized spacial score (nSPS) is 10.9. The Labute approximate surface area is 160 Å². The number of nitrogens with one attached hydrogen (secondary N) is 1. The SMILES string of the molecule is CCN(C(=O)C(C)(C)C(=O)Nc1ccc(OC)c(OC)c1)c1ccccc1. The highest BCUT2D eigenvalue weighted by Gasteiger charge is 2.39. The number of rotatable bonds is 7. The molecule has 0 saturated heterocycles. The molecule has 0 aliphatic heterocycles. The van der Waals surface area contributed by atoms with E-state index >= 15 is 0 Å². The maximum absolute atomic E-state index is 13.1. The number of nitrogens with zero attached hydrogens (tertiary/aromatic N) is 1. The Morgan fingerprint density at radius 3 is 2.19 bits per heavy atom. The molecular formula is C21H26N2O4. The third-order valence-electron chi connectivity index (χ3n) is 4.37. The van der Waals surface area contributed by atoms with Gasteiger partial charge in [0.25, 0.3) is 0 Å². The summed E-state index contributed by atoms with van der Waals surface area (Å²) in [6, 6.07) is 14.4. The minimum atomic E-state index is -1.25. The fourth-order valence-corrected chi connectivity index (χ4v) is 2.69. The molecule has 0 fully saturated rings. The Hall–Kier alpha value is -3.02. The zero-order valence-electron chi connectivity index (χ0n) is 16.4. The summed E-state index contributed by atoms with van der Waals surface area (Å²) in [6.07, 6.45) is 0. The van der Waals surface area contributed by atoms with Crippen LogP contribution in [-0.2, 0) is 9.59 Å². The van der Waals surface area contributed by atoms with Gasteiger partial charge in [-0.1, -0.05) is 18.2 Å². The number of methoxy groups -OCH3 is 2. The molecule has 2 aromatic carbocycles. The minimum Gasteiger partial charge on any atom is -0.493 e. The largest absolute Gasteiger partial charge is 0.493 e. The van der Waals surface area contributed by atoms with Crippen molar-refractivity contribution in [2.45, 2.75) is 20.8 Å². The van der Waals surface area contributed by atoms with Crippen LogP contribution in [0.15, 0.2) is 48.5 Å². The number of para-hydroxylation sites is 1. The predicted molar refractivity (Wildman–Crippen MR) is 106 cm³/mol. The first-order chi connectivity index (χ1) is 12.8. The molecule has 1 N–H and O–H groups in total. The summed E-state index contributed by atoms with van der Waals surface area (Å²) < 4.78 is 10.5. The average Bonchev–Trinajstić information content (AvgIpc) is 2.69. The van der Waals surface area contributed by atoms with E-state index < -0.39 is 11.3 Å². The van der Waals surface area contributed by atoms with Crippen molar-refractivity contribution in [3.05, 3.63) is 48.5 Å². The molecule has 0 aliphatic rings. The molecule has 0 bridgehead atoms. The Morgan fingerprint density at radius 2 is 1.63 bits per heavy atom. The first kappa shape index (κ1) is 20.3. The van der Waals surface area contributed by atoms with Gasteiger partial charge in [-0.25, -0.2) is 0 Å². The second kappa shape index (κ2) is 8.58. The van der Waals surface area contributed by atoms with Crippen molar-refractivity contribution in [3.63, 3.8) is 0 Å². The van der Waals surface area contributed by atoms with E-state index in [4.69, 9.17) is 9.47 Å². The van der Waals surface area contributed by atoms with Gasteiger partial charge in [-0.05, 0) is 45.0 Å². The van der Waals surface area contributed by atoms with Gasteiger partial charge in [0, 0.05) is 24.0 Å². The van der Waals surface area contributed by atoms with E-state index in [1.165, 1.54) is 7.11 Å². The van der Waals surface area contributed by atoms with Crippen molar-refractivity contribution in [3.8, 4) is 11.5 Å². The van der Waals surface area contributed by atoms with E-state index in [2.05, 4.69) is 5.32 Å². The van der Waals surface area contributed by atoms with E-state index in [1.807, 2.05) is 37.3 Å². The Bertz CT molecular complexity index is 803. The van der Waals surface area contributed by atoms with Crippen LogP contribution in [0.2, 0.25) is 0 Å². The van der Waals surface area contributed by atoms with Crippen LogP contribution in [0.3, 0.4) is 0 Å². The number of ether oxygens (including phenoxy) is 2. The molecule has 144 valence electrons. The van der Waals surface area contributed by atoms with Crippen molar-refractivity contribution >= 4 is 23.2 Å². The Balaban J connectivity index is 2.22. The maximum atomic E-state index is 13.1. The van der Waals surface area contributed by atoms with E-state index in [0.29, 0.717) is 23.7 Å². The summed E-state index contributed by atoms with van der Waals surface area (Å²) in [5, 5.41) is 2.80. The fourth-order valence-electron chi connectivity index (χ4n) is 2.69. The number of carbonyl (C=O) groups excluding carboxylic acids is 2. The lowest BCUT2D eigenvalue weighted by Gasteiger charge is -2.30. The van der Waals surface area contributed by atoms with Crippen molar-refractivity contribution < 1.29 is 19.1 Å². The van der Waals surface area contributed by atoms with Crippen LogP contribution >= 0.6 is 0 Å². The minimum absolute atomic E-state index is 0.269. The van der Waals surface area contributed by atoms with Crippen molar-refractivity contribution in [2.24, 2.45) is 5.41 Å². The summed E-state index contributed by atoms with van der Waals surface area (Å²) in [4.78, 5) is 27.5. The van der Waals surface area contributed by atoms with Gasteiger partial charge >= 0.3 is 0 Å². The van der Waals surface area contributed by atoms with Gasteiger partial charge in [0.15, 0.2) is 11.5 Å². The molecule has 6 heteroatoms. The topological polar surface area (TPSA) is 67.9 Å². The molecule has 0 spiro atoms. The summed E-state index contributed by atoms with van der Waals surface area (Å²) in [5.41, 5.74) is 0.0391. The Kier molecular flexibility index (Phi) is 6.45. The van der Waals surface area contributed by atoms with E-state index in [0.717, 1.165) is 5.69 Å². The van der Waals surface area contributed by atoms with E-state index in [9.17, 15) is 9.59 Å². The monoisotopic (exact) mass is 370 g/mol. The summed E-state index contributed by atoms with van der Waals surface area (Å²) in [7, 11) is 3.07. The third kappa shape index (κ3) is 4.39. The molecule has 2 aromatic rings. The maximum Gasteiger partial charge on any atom is 0.242 e. The second-order valence-corrected chi connectivity index (χ2v) is 6.53. The van der Waals surface area contributed by atoms with Crippen molar-refractivity contribution in [1.29, 1.82) is 0 Å². The second-order valence-electron chi connectivity index (χ2n) is 6.53. The molecular weight excluding hydrogens is 344 g/mol. The standard InChI is InChI=1S/C21H26N2O4/c1-6-23(16-10-8-7-9-11-16)20(25)21(2,3)19(24)22-15-12-13-17(26-4)18(14-15)27-5/h7-14H,6H2,1-5H3,(H,22,24). The molecule has 0 atom stereocenters. The molecule has 27 heavy (non-hydrogen) atoms. The lowest BCUT2D eigenvalue weighted by molar-refractivity contribution is -0.136. The van der Waals surface area contributed by atoms with Gasteiger partial charge < -0.3 is 19.7 Å². The van der Waals surface area contributed by atoms with Crippen molar-refractivity contribution in [2.75, 3.05) is 31.0 Å². The third-order valence-corrected chi connectivity index (χ3v) is 4.37. The van der Waals surface area contributed by atoms with Crippen LogP contribution in [0.25, 0.3) is 0 Å². The van der Waals surface area contributed by atoms with Crippen LogP contribution < -0.4 is 19.7 Å². The molecule has 0 unspecified atom stereocenters. The molecule has 0 aromatic heterocycles. The molecule has 2 rings (SSSR count). The number of anilines is 2. The van der Waals surface area contributed by atoms with Crippen LogP contribution in [0.5, 0.6) is 11.5 Å². The smallest absolute Gasteiger partial charge is 0.242 e. The highest BCUT2D eigenvalue weighted by atomic mass is 16.5. The van der Waals surface area contributed by atoms with Crippen LogP contribution in [0, 0.1) is 5.41 Å². The first-order valence-electron chi connectivity index (χ1n) is 8.75. The number of hydrogen-bond donors (Lipinski definition) is 1. The van der Waals surface area contributed by atoms with Gasteiger partial charge in [0.05, 0.1) is 14.2 Å². The number of benzene rings is 2. The summed E-state index contributed by atoms with van der Waals surface area (Å²) in [5.74, 6) is 0.397. The van der Waals surface area contributed by atoms with E-state index in [-0.39, 0.29) is 5.91 Å².